The highest BCUT2D eigenvalue weighted by Gasteiger charge is 2.21. The summed E-state index contributed by atoms with van der Waals surface area (Å²) in [7, 11) is 1.82. The molecule has 0 aliphatic carbocycles. The summed E-state index contributed by atoms with van der Waals surface area (Å²) in [6.45, 7) is 8.97. The Balaban J connectivity index is 1.47. The molecule has 0 amide bonds. The SMILES string of the molecule is CN=C(NCc1nc(C)c(C)s1)NC1CCN(c2ccc(C)cn2)CC1. The van der Waals surface area contributed by atoms with E-state index in [1.807, 2.05) is 13.2 Å². The van der Waals surface area contributed by atoms with Crippen molar-refractivity contribution in [2.24, 2.45) is 4.99 Å². The second-order valence-corrected chi connectivity index (χ2v) is 8.06. The van der Waals surface area contributed by atoms with Crippen molar-refractivity contribution in [2.45, 2.75) is 46.2 Å². The topological polar surface area (TPSA) is 65.4 Å². The van der Waals surface area contributed by atoms with E-state index in [1.54, 1.807) is 11.3 Å². The van der Waals surface area contributed by atoms with Crippen molar-refractivity contribution >= 4 is 23.1 Å². The first-order chi connectivity index (χ1) is 12.5. The van der Waals surface area contributed by atoms with E-state index in [2.05, 4.69) is 63.4 Å². The molecular weight excluding hydrogens is 344 g/mol. The number of aromatic nitrogens is 2. The van der Waals surface area contributed by atoms with E-state index in [0.29, 0.717) is 12.6 Å². The van der Waals surface area contributed by atoms with Gasteiger partial charge in [0.2, 0.25) is 0 Å². The van der Waals surface area contributed by atoms with Gasteiger partial charge in [0.15, 0.2) is 5.96 Å². The number of nitrogens with zero attached hydrogens (tertiary/aromatic N) is 4. The summed E-state index contributed by atoms with van der Waals surface area (Å²) in [5, 5.41) is 8.03. The first kappa shape index (κ1) is 18.6. The lowest BCUT2D eigenvalue weighted by molar-refractivity contribution is 0.459. The number of aliphatic imine (C=N–C) groups is 1. The van der Waals surface area contributed by atoms with E-state index in [9.17, 15) is 0 Å². The zero-order valence-electron chi connectivity index (χ0n) is 16.0. The molecule has 26 heavy (non-hydrogen) atoms. The average molecular weight is 373 g/mol. The van der Waals surface area contributed by atoms with Gasteiger partial charge in [-0.2, -0.15) is 0 Å². The minimum atomic E-state index is 0.433. The molecule has 2 N–H and O–H groups in total. The molecule has 2 aromatic heterocycles. The average Bonchev–Trinajstić information content (AvgIpc) is 2.97. The molecular formula is C19H28N6S. The summed E-state index contributed by atoms with van der Waals surface area (Å²) in [6.07, 6.45) is 4.09. The van der Waals surface area contributed by atoms with Crippen molar-refractivity contribution < 1.29 is 0 Å². The highest BCUT2D eigenvalue weighted by molar-refractivity contribution is 7.11. The van der Waals surface area contributed by atoms with Crippen LogP contribution in [0, 0.1) is 20.8 Å². The number of pyridine rings is 1. The van der Waals surface area contributed by atoms with E-state index in [1.165, 1.54) is 10.4 Å². The molecule has 1 fully saturated rings. The molecule has 7 heteroatoms. The highest BCUT2D eigenvalue weighted by atomic mass is 32.1. The lowest BCUT2D eigenvalue weighted by Crippen LogP contribution is -2.48. The van der Waals surface area contributed by atoms with Crippen molar-refractivity contribution in [2.75, 3.05) is 25.0 Å². The Morgan fingerprint density at radius 2 is 2.04 bits per heavy atom. The van der Waals surface area contributed by atoms with Crippen LogP contribution in [-0.4, -0.2) is 42.1 Å². The molecule has 0 saturated carbocycles. The van der Waals surface area contributed by atoms with Crippen LogP contribution < -0.4 is 15.5 Å². The van der Waals surface area contributed by atoms with Crippen LogP contribution in [0.5, 0.6) is 0 Å². The Hall–Kier alpha value is -2.15. The Bertz CT molecular complexity index is 724. The fourth-order valence-electron chi connectivity index (χ4n) is 3.06. The monoisotopic (exact) mass is 372 g/mol. The number of piperidine rings is 1. The highest BCUT2D eigenvalue weighted by Crippen LogP contribution is 2.18. The van der Waals surface area contributed by atoms with Crippen LogP contribution in [0.3, 0.4) is 0 Å². The standard InChI is InChI=1S/C19H28N6S/c1-13-5-6-17(21-11-13)25-9-7-16(8-10-25)24-19(20-4)22-12-18-23-14(2)15(3)26-18/h5-6,11,16H,7-10,12H2,1-4H3,(H2,20,22,24). The zero-order valence-corrected chi connectivity index (χ0v) is 16.9. The Labute approximate surface area is 159 Å². The predicted octanol–water partition coefficient (Wildman–Crippen LogP) is 2.80. The van der Waals surface area contributed by atoms with Gasteiger partial charge < -0.3 is 15.5 Å². The van der Waals surface area contributed by atoms with Crippen LogP contribution in [0.15, 0.2) is 23.3 Å². The number of hydrogen-bond donors (Lipinski definition) is 2. The molecule has 0 bridgehead atoms. The molecule has 3 rings (SSSR count). The molecule has 0 aromatic carbocycles. The molecule has 1 saturated heterocycles. The van der Waals surface area contributed by atoms with Crippen LogP contribution in [0.2, 0.25) is 0 Å². The molecule has 2 aromatic rings. The van der Waals surface area contributed by atoms with Gasteiger partial charge in [-0.1, -0.05) is 6.07 Å². The van der Waals surface area contributed by atoms with Gasteiger partial charge in [-0.3, -0.25) is 4.99 Å². The lowest BCUT2D eigenvalue weighted by Gasteiger charge is -2.33. The maximum atomic E-state index is 4.57. The van der Waals surface area contributed by atoms with Crippen molar-refractivity contribution in [3.8, 4) is 0 Å². The summed E-state index contributed by atoms with van der Waals surface area (Å²) >= 11 is 1.74. The summed E-state index contributed by atoms with van der Waals surface area (Å²) < 4.78 is 0. The normalized spacial score (nSPS) is 16.0. The van der Waals surface area contributed by atoms with Gasteiger partial charge in [-0.05, 0) is 45.2 Å². The third-order valence-electron chi connectivity index (χ3n) is 4.76. The Kier molecular flexibility index (Phi) is 6.08. The number of nitrogens with one attached hydrogen (secondary N) is 2. The smallest absolute Gasteiger partial charge is 0.191 e. The van der Waals surface area contributed by atoms with Gasteiger partial charge >= 0.3 is 0 Å². The largest absolute Gasteiger partial charge is 0.356 e. The van der Waals surface area contributed by atoms with Gasteiger partial charge in [0, 0.05) is 37.3 Å². The Morgan fingerprint density at radius 1 is 1.27 bits per heavy atom. The van der Waals surface area contributed by atoms with Crippen LogP contribution >= 0.6 is 11.3 Å². The van der Waals surface area contributed by atoms with Crippen LogP contribution in [0.4, 0.5) is 5.82 Å². The first-order valence-corrected chi connectivity index (χ1v) is 9.94. The van der Waals surface area contributed by atoms with Gasteiger partial charge in [0.05, 0.1) is 12.2 Å². The molecule has 0 radical (unpaired) electrons. The van der Waals surface area contributed by atoms with Gasteiger partial charge in [0.25, 0.3) is 0 Å². The minimum Gasteiger partial charge on any atom is -0.356 e. The minimum absolute atomic E-state index is 0.433. The second kappa shape index (κ2) is 8.49. The third kappa shape index (κ3) is 4.72. The van der Waals surface area contributed by atoms with Crippen molar-refractivity contribution in [3.63, 3.8) is 0 Å². The van der Waals surface area contributed by atoms with E-state index in [0.717, 1.165) is 48.4 Å². The van der Waals surface area contributed by atoms with Gasteiger partial charge in [0.1, 0.15) is 10.8 Å². The number of hydrogen-bond acceptors (Lipinski definition) is 5. The molecule has 1 aliphatic heterocycles. The van der Waals surface area contributed by atoms with Crippen LogP contribution in [-0.2, 0) is 6.54 Å². The second-order valence-electron chi connectivity index (χ2n) is 6.77. The number of rotatable bonds is 4. The van der Waals surface area contributed by atoms with Crippen molar-refractivity contribution in [1.29, 1.82) is 0 Å². The molecule has 0 spiro atoms. The molecule has 0 unspecified atom stereocenters. The van der Waals surface area contributed by atoms with Crippen LogP contribution in [0.25, 0.3) is 0 Å². The fraction of sp³-hybridized carbons (Fsp3) is 0.526. The van der Waals surface area contributed by atoms with E-state index >= 15 is 0 Å². The number of guanidine groups is 1. The molecule has 140 valence electrons. The first-order valence-electron chi connectivity index (χ1n) is 9.13. The molecule has 0 atom stereocenters. The fourth-order valence-corrected chi connectivity index (χ4v) is 3.94. The number of anilines is 1. The molecule has 1 aliphatic rings. The molecule has 3 heterocycles. The number of thiazole rings is 1. The third-order valence-corrected chi connectivity index (χ3v) is 5.83. The van der Waals surface area contributed by atoms with Crippen molar-refractivity contribution in [3.05, 3.63) is 39.5 Å². The zero-order chi connectivity index (χ0) is 18.5. The maximum absolute atomic E-state index is 4.57. The van der Waals surface area contributed by atoms with Crippen LogP contribution in [0.1, 0.15) is 34.0 Å². The Morgan fingerprint density at radius 3 is 2.62 bits per heavy atom. The lowest BCUT2D eigenvalue weighted by atomic mass is 10.1. The number of aryl methyl sites for hydroxylation is 3. The molecule has 6 nitrogen and oxygen atoms in total. The van der Waals surface area contributed by atoms with E-state index in [4.69, 9.17) is 0 Å². The quantitative estimate of drug-likeness (QED) is 0.638. The van der Waals surface area contributed by atoms with Crippen molar-refractivity contribution in [1.82, 2.24) is 20.6 Å². The summed E-state index contributed by atoms with van der Waals surface area (Å²) in [5.41, 5.74) is 2.32. The van der Waals surface area contributed by atoms with Gasteiger partial charge in [-0.25, -0.2) is 9.97 Å². The summed E-state index contributed by atoms with van der Waals surface area (Å²) in [5.74, 6) is 1.92. The maximum Gasteiger partial charge on any atom is 0.191 e. The van der Waals surface area contributed by atoms with E-state index in [-0.39, 0.29) is 0 Å². The summed E-state index contributed by atoms with van der Waals surface area (Å²) in [6, 6.07) is 4.67. The van der Waals surface area contributed by atoms with Gasteiger partial charge in [-0.15, -0.1) is 11.3 Å². The summed E-state index contributed by atoms with van der Waals surface area (Å²) in [4.78, 5) is 17.1. The predicted molar refractivity (Wildman–Crippen MR) is 109 cm³/mol. The van der Waals surface area contributed by atoms with E-state index < -0.39 is 0 Å².